The molecule has 0 saturated carbocycles. The monoisotopic (exact) mass is 238 g/mol. The summed E-state index contributed by atoms with van der Waals surface area (Å²) >= 11 is 12.1. The Morgan fingerprint density at radius 2 is 2.22 bits per heavy atom. The van der Waals surface area contributed by atoms with Crippen LogP contribution in [0.1, 0.15) is 0 Å². The molecule has 0 radical (unpaired) electrons. The van der Waals surface area contributed by atoms with E-state index in [4.69, 9.17) is 28.3 Å². The summed E-state index contributed by atoms with van der Waals surface area (Å²) in [4.78, 5) is 9.96. The topological polar surface area (TPSA) is 37.3 Å². The average Bonchev–Trinajstić information content (AvgIpc) is 1.65. The van der Waals surface area contributed by atoms with Crippen molar-refractivity contribution in [2.24, 2.45) is 0 Å². The van der Waals surface area contributed by atoms with E-state index in [2.05, 4.69) is 15.9 Å². The molecule has 6 heteroatoms. The Morgan fingerprint density at radius 1 is 1.89 bits per heavy atom. The zero-order valence-corrected chi connectivity index (χ0v) is 7.04. The van der Waals surface area contributed by atoms with Crippen LogP contribution < -0.4 is 0 Å². The van der Waals surface area contributed by atoms with Crippen molar-refractivity contribution in [2.75, 3.05) is 0 Å². The molecule has 0 aliphatic carbocycles. The maximum Gasteiger partial charge on any atom is 0.340 e. The number of carbonyl (C=O) groups is 1. The first-order valence-corrected chi connectivity index (χ1v) is 3.39. The van der Waals surface area contributed by atoms with E-state index in [-0.39, 0.29) is 0 Å². The highest BCUT2D eigenvalue weighted by atomic mass is 79.9. The maximum atomic E-state index is 11.9. The maximum absolute atomic E-state index is 11.9. The first-order valence-electron chi connectivity index (χ1n) is 1.78. The van der Waals surface area contributed by atoms with Gasteiger partial charge in [0, 0.05) is 0 Å². The van der Waals surface area contributed by atoms with Gasteiger partial charge in [0.25, 0.3) is 0 Å². The third kappa shape index (κ3) is 2.27. The SMILES string of the molecule is O=C(O)C(Cl)(Br)C(F)Cl. The lowest BCUT2D eigenvalue weighted by Gasteiger charge is -2.12. The Hall–Kier alpha value is 0.460. The Morgan fingerprint density at radius 3 is 2.22 bits per heavy atom. The summed E-state index contributed by atoms with van der Waals surface area (Å²) in [6.07, 6.45) is 0. The van der Waals surface area contributed by atoms with Crippen molar-refractivity contribution in [3.05, 3.63) is 0 Å². The second-order valence-electron chi connectivity index (χ2n) is 1.23. The molecule has 54 valence electrons. The van der Waals surface area contributed by atoms with Gasteiger partial charge in [-0.05, 0) is 0 Å². The lowest BCUT2D eigenvalue weighted by molar-refractivity contribution is -0.138. The molecule has 0 heterocycles. The zero-order chi connectivity index (χ0) is 7.65. The van der Waals surface area contributed by atoms with Crippen LogP contribution in [0.2, 0.25) is 0 Å². The van der Waals surface area contributed by atoms with Crippen molar-refractivity contribution < 1.29 is 14.3 Å². The number of hydrogen-bond donors (Lipinski definition) is 1. The van der Waals surface area contributed by atoms with Gasteiger partial charge < -0.3 is 5.11 Å². The summed E-state index contributed by atoms with van der Waals surface area (Å²) in [6, 6.07) is 0. The van der Waals surface area contributed by atoms with E-state index < -0.39 is 15.4 Å². The molecule has 0 aromatic heterocycles. The molecule has 1 N–H and O–H groups in total. The number of aliphatic carboxylic acids is 1. The van der Waals surface area contributed by atoms with Crippen molar-refractivity contribution in [2.45, 2.75) is 9.41 Å². The second-order valence-corrected chi connectivity index (χ2v) is 3.92. The fourth-order valence-electron chi connectivity index (χ4n) is 0.0933. The van der Waals surface area contributed by atoms with Crippen LogP contribution in [-0.4, -0.2) is 20.5 Å². The predicted octanol–water partition coefficient (Wildman–Crippen LogP) is 1.94. The van der Waals surface area contributed by atoms with Gasteiger partial charge in [-0.1, -0.05) is 39.1 Å². The summed E-state index contributed by atoms with van der Waals surface area (Å²) in [6.45, 7) is 0. The number of carboxylic acid groups (broad SMARTS) is 1. The highest BCUT2D eigenvalue weighted by Crippen LogP contribution is 2.32. The average molecular weight is 240 g/mol. The minimum absolute atomic E-state index is 1.55. The quantitative estimate of drug-likeness (QED) is 0.748. The minimum atomic E-state index is -2.20. The van der Waals surface area contributed by atoms with Gasteiger partial charge in [-0.15, -0.1) is 0 Å². The number of carboxylic acids is 1. The summed E-state index contributed by atoms with van der Waals surface area (Å²) in [5.74, 6) is -1.55. The van der Waals surface area contributed by atoms with Crippen LogP contribution in [0.15, 0.2) is 0 Å². The Labute approximate surface area is 69.1 Å². The van der Waals surface area contributed by atoms with Gasteiger partial charge >= 0.3 is 5.97 Å². The first-order chi connectivity index (χ1) is 3.89. The van der Waals surface area contributed by atoms with Gasteiger partial charge in [-0.3, -0.25) is 0 Å². The molecule has 0 aliphatic rings. The van der Waals surface area contributed by atoms with Gasteiger partial charge in [0.05, 0.1) is 0 Å². The summed E-state index contributed by atoms with van der Waals surface area (Å²) in [5.41, 5.74) is -2.16. The van der Waals surface area contributed by atoms with E-state index in [0.717, 1.165) is 0 Å². The highest BCUT2D eigenvalue weighted by molar-refractivity contribution is 9.10. The van der Waals surface area contributed by atoms with Crippen LogP contribution in [-0.2, 0) is 4.79 Å². The molecular weight excluding hydrogens is 238 g/mol. The van der Waals surface area contributed by atoms with Crippen molar-refractivity contribution >= 4 is 45.1 Å². The van der Waals surface area contributed by atoms with E-state index in [1.807, 2.05) is 0 Å². The Balaban J connectivity index is 4.19. The third-order valence-electron chi connectivity index (χ3n) is 0.559. The Bertz CT molecular complexity index is 127. The van der Waals surface area contributed by atoms with E-state index in [1.54, 1.807) is 0 Å². The molecule has 0 aliphatic heterocycles. The third-order valence-corrected chi connectivity index (χ3v) is 2.36. The molecule has 9 heavy (non-hydrogen) atoms. The normalized spacial score (nSPS) is 20.4. The second kappa shape index (κ2) is 3.03. The van der Waals surface area contributed by atoms with Crippen molar-refractivity contribution in [3.8, 4) is 0 Å². The molecule has 0 saturated heterocycles. The van der Waals surface area contributed by atoms with Gasteiger partial charge in [0.1, 0.15) is 0 Å². The van der Waals surface area contributed by atoms with Crippen LogP contribution in [0.25, 0.3) is 0 Å². The lowest BCUT2D eigenvalue weighted by Crippen LogP contribution is -2.32. The Kier molecular flexibility index (Phi) is 3.19. The molecular formula is C3H2BrCl2FO2. The minimum Gasteiger partial charge on any atom is -0.479 e. The summed E-state index contributed by atoms with van der Waals surface area (Å²) in [7, 11) is 0. The molecule has 0 fully saturated rings. The molecule has 2 atom stereocenters. The predicted molar refractivity (Wildman–Crippen MR) is 35.9 cm³/mol. The van der Waals surface area contributed by atoms with Crippen LogP contribution in [0.5, 0.6) is 0 Å². The van der Waals surface area contributed by atoms with E-state index in [9.17, 15) is 9.18 Å². The van der Waals surface area contributed by atoms with Crippen LogP contribution >= 0.6 is 39.1 Å². The number of alkyl halides is 4. The molecule has 2 nitrogen and oxygen atoms in total. The molecule has 0 aromatic rings. The van der Waals surface area contributed by atoms with Gasteiger partial charge in [-0.25, -0.2) is 9.18 Å². The molecule has 0 rings (SSSR count). The lowest BCUT2D eigenvalue weighted by atomic mass is 10.5. The highest BCUT2D eigenvalue weighted by Gasteiger charge is 2.41. The van der Waals surface area contributed by atoms with E-state index in [1.165, 1.54) is 0 Å². The zero-order valence-electron chi connectivity index (χ0n) is 3.94. The number of halogens is 4. The van der Waals surface area contributed by atoms with Gasteiger partial charge in [0.2, 0.25) is 9.41 Å². The van der Waals surface area contributed by atoms with Crippen molar-refractivity contribution in [3.63, 3.8) is 0 Å². The first kappa shape index (κ1) is 9.46. The largest absolute Gasteiger partial charge is 0.479 e. The number of rotatable bonds is 2. The molecule has 0 aromatic carbocycles. The van der Waals surface area contributed by atoms with Crippen molar-refractivity contribution in [1.82, 2.24) is 0 Å². The number of hydrogen-bond acceptors (Lipinski definition) is 1. The summed E-state index contributed by atoms with van der Waals surface area (Å²) in [5, 5.41) is 8.11. The fourth-order valence-corrected chi connectivity index (χ4v) is 0.187. The van der Waals surface area contributed by atoms with E-state index in [0.29, 0.717) is 0 Å². The molecule has 2 unspecified atom stereocenters. The van der Waals surface area contributed by atoms with E-state index >= 15 is 0 Å². The van der Waals surface area contributed by atoms with Crippen molar-refractivity contribution in [1.29, 1.82) is 0 Å². The molecule has 0 amide bonds. The van der Waals surface area contributed by atoms with Crippen LogP contribution in [0, 0.1) is 0 Å². The molecule has 0 bridgehead atoms. The summed E-state index contributed by atoms with van der Waals surface area (Å²) < 4.78 is 9.74. The van der Waals surface area contributed by atoms with Gasteiger partial charge in [-0.2, -0.15) is 0 Å². The van der Waals surface area contributed by atoms with Crippen LogP contribution in [0.4, 0.5) is 4.39 Å². The smallest absolute Gasteiger partial charge is 0.340 e. The standard InChI is InChI=1S/C3H2BrCl2FO2/c4-3(6,1(5)7)2(8)9/h1H,(H,8,9). The van der Waals surface area contributed by atoms with Gasteiger partial charge in [0.15, 0.2) is 0 Å². The molecule has 0 spiro atoms. The fraction of sp³-hybridized carbons (Fsp3) is 0.667. The van der Waals surface area contributed by atoms with Crippen LogP contribution in [0.3, 0.4) is 0 Å².